The van der Waals surface area contributed by atoms with Gasteiger partial charge in [-0.05, 0) is 32.6 Å². The van der Waals surface area contributed by atoms with E-state index in [0.29, 0.717) is 19.3 Å². The first kappa shape index (κ1) is 18.1. The third-order valence-electron chi connectivity index (χ3n) is 3.45. The summed E-state index contributed by atoms with van der Waals surface area (Å²) in [5.41, 5.74) is 0.805. The molecule has 2 rings (SSSR count). The maximum absolute atomic E-state index is 11.8. The van der Waals surface area contributed by atoms with E-state index >= 15 is 0 Å². The van der Waals surface area contributed by atoms with Crippen LogP contribution in [0.1, 0.15) is 36.4 Å². The van der Waals surface area contributed by atoms with E-state index in [1.54, 1.807) is 0 Å². The summed E-state index contributed by atoms with van der Waals surface area (Å²) in [4.78, 5) is 35.3. The second-order valence-electron chi connectivity index (χ2n) is 5.09. The van der Waals surface area contributed by atoms with E-state index < -0.39 is 5.97 Å². The summed E-state index contributed by atoms with van der Waals surface area (Å²) in [6.07, 6.45) is 3.10. The lowest BCUT2D eigenvalue weighted by atomic mass is 9.86. The molecule has 0 bridgehead atoms. The van der Waals surface area contributed by atoms with E-state index in [-0.39, 0.29) is 24.3 Å². The maximum atomic E-state index is 11.8. The quantitative estimate of drug-likeness (QED) is 0.720. The van der Waals surface area contributed by atoms with Crippen molar-refractivity contribution < 1.29 is 24.6 Å². The molecule has 3 N–H and O–H groups in total. The molecule has 1 fully saturated rings. The fraction of sp³-hybridized carbons (Fsp3) is 0.571. The normalized spacial score (nSPS) is 20.4. The summed E-state index contributed by atoms with van der Waals surface area (Å²) in [5, 5.41) is 21.6. The van der Waals surface area contributed by atoms with Crippen LogP contribution in [-0.2, 0) is 20.8 Å². The van der Waals surface area contributed by atoms with E-state index in [0.717, 1.165) is 23.5 Å². The molecule has 0 unspecified atom stereocenters. The minimum Gasteiger partial charge on any atom is -0.483 e. The first-order valence-electron chi connectivity index (χ1n) is 6.97. The van der Waals surface area contributed by atoms with Crippen molar-refractivity contribution in [3.8, 4) is 0 Å². The Morgan fingerprint density at radius 3 is 2.45 bits per heavy atom. The molecular weight excluding hydrogens is 308 g/mol. The van der Waals surface area contributed by atoms with Gasteiger partial charge in [0.1, 0.15) is 0 Å². The lowest BCUT2D eigenvalue weighted by Gasteiger charge is -2.26. The molecule has 0 aromatic carbocycles. The molecule has 1 aliphatic carbocycles. The van der Waals surface area contributed by atoms with Gasteiger partial charge in [0.05, 0.1) is 23.0 Å². The molecule has 1 aromatic heterocycles. The summed E-state index contributed by atoms with van der Waals surface area (Å²) in [5.74, 6) is -0.985. The number of carboxylic acids is 1. The highest BCUT2D eigenvalue weighted by atomic mass is 32.1. The Morgan fingerprint density at radius 2 is 2.00 bits per heavy atom. The summed E-state index contributed by atoms with van der Waals surface area (Å²) >= 11 is 1.54. The molecule has 0 saturated heterocycles. The van der Waals surface area contributed by atoms with Gasteiger partial charge in [-0.2, -0.15) is 0 Å². The van der Waals surface area contributed by atoms with Gasteiger partial charge >= 0.3 is 5.97 Å². The zero-order valence-corrected chi connectivity index (χ0v) is 13.1. The Labute approximate surface area is 132 Å². The first-order valence-corrected chi connectivity index (χ1v) is 7.85. The van der Waals surface area contributed by atoms with Crippen molar-refractivity contribution in [2.75, 3.05) is 0 Å². The number of amides is 1. The molecule has 0 spiro atoms. The van der Waals surface area contributed by atoms with Crippen LogP contribution in [0.5, 0.6) is 0 Å². The van der Waals surface area contributed by atoms with Crippen LogP contribution in [0, 0.1) is 12.8 Å². The standard InChI is InChI=1S/C13H18N2O3S.CH2O2/c1-8-14-11(7-19-8)6-12(16)15-10-4-2-9(3-5-10)13(17)18;2-1-3/h7,9-10H,2-6H2,1H3,(H,15,16)(H,17,18);1H,(H,2,3). The number of nitrogens with one attached hydrogen (secondary N) is 1. The fourth-order valence-electron chi connectivity index (χ4n) is 2.42. The highest BCUT2D eigenvalue weighted by Gasteiger charge is 2.26. The Bertz CT molecular complexity index is 509. The van der Waals surface area contributed by atoms with Crippen molar-refractivity contribution in [1.82, 2.24) is 10.3 Å². The molecule has 1 aliphatic rings. The van der Waals surface area contributed by atoms with Crippen molar-refractivity contribution in [1.29, 1.82) is 0 Å². The number of nitrogens with zero attached hydrogens (tertiary/aromatic N) is 1. The summed E-state index contributed by atoms with van der Waals surface area (Å²) < 4.78 is 0. The third kappa shape index (κ3) is 6.21. The number of hydrogen-bond acceptors (Lipinski definition) is 5. The van der Waals surface area contributed by atoms with E-state index in [1.165, 1.54) is 11.3 Å². The van der Waals surface area contributed by atoms with Crippen molar-refractivity contribution in [2.45, 2.75) is 45.1 Å². The van der Waals surface area contributed by atoms with Crippen molar-refractivity contribution >= 4 is 29.7 Å². The van der Waals surface area contributed by atoms with Gasteiger partial charge < -0.3 is 15.5 Å². The summed E-state index contributed by atoms with van der Waals surface area (Å²) in [6.45, 7) is 1.67. The van der Waals surface area contributed by atoms with Crippen LogP contribution in [0.4, 0.5) is 0 Å². The summed E-state index contributed by atoms with van der Waals surface area (Å²) in [7, 11) is 0. The highest BCUT2D eigenvalue weighted by Crippen LogP contribution is 2.24. The minimum atomic E-state index is -0.720. The Balaban J connectivity index is 0.000000745. The van der Waals surface area contributed by atoms with Crippen molar-refractivity contribution in [3.05, 3.63) is 16.1 Å². The minimum absolute atomic E-state index is 0.0240. The molecule has 1 saturated carbocycles. The molecule has 0 atom stereocenters. The van der Waals surface area contributed by atoms with E-state index in [1.807, 2.05) is 12.3 Å². The van der Waals surface area contributed by atoms with Gasteiger partial charge in [-0.15, -0.1) is 11.3 Å². The average molecular weight is 328 g/mol. The van der Waals surface area contributed by atoms with Gasteiger partial charge in [-0.1, -0.05) is 0 Å². The Morgan fingerprint density at radius 1 is 1.41 bits per heavy atom. The largest absolute Gasteiger partial charge is 0.483 e. The number of carbonyl (C=O) groups is 3. The van der Waals surface area contributed by atoms with Crippen LogP contribution in [0.3, 0.4) is 0 Å². The predicted octanol–water partition coefficient (Wildman–Crippen LogP) is 1.45. The second-order valence-corrected chi connectivity index (χ2v) is 6.16. The SMILES string of the molecule is Cc1nc(CC(=O)NC2CCC(C(=O)O)CC2)cs1.O=CO. The monoisotopic (exact) mass is 328 g/mol. The van der Waals surface area contributed by atoms with Crippen molar-refractivity contribution in [3.63, 3.8) is 0 Å². The van der Waals surface area contributed by atoms with Crippen LogP contribution >= 0.6 is 11.3 Å². The Kier molecular flexibility index (Phi) is 7.51. The van der Waals surface area contributed by atoms with Gasteiger partial charge in [-0.25, -0.2) is 4.98 Å². The molecule has 7 nitrogen and oxygen atoms in total. The number of carbonyl (C=O) groups excluding carboxylic acids is 1. The predicted molar refractivity (Wildman–Crippen MR) is 80.8 cm³/mol. The van der Waals surface area contributed by atoms with E-state index in [4.69, 9.17) is 15.0 Å². The highest BCUT2D eigenvalue weighted by molar-refractivity contribution is 7.09. The van der Waals surface area contributed by atoms with Gasteiger partial charge in [0.15, 0.2) is 0 Å². The Hall–Kier alpha value is -1.96. The average Bonchev–Trinajstić information content (AvgIpc) is 2.85. The number of aromatic nitrogens is 1. The van der Waals surface area contributed by atoms with E-state index in [2.05, 4.69) is 10.3 Å². The summed E-state index contributed by atoms with van der Waals surface area (Å²) in [6, 6.07) is 0.114. The molecule has 1 heterocycles. The van der Waals surface area contributed by atoms with Gasteiger partial charge in [0, 0.05) is 11.4 Å². The molecule has 1 aromatic rings. The number of aliphatic carboxylic acids is 1. The zero-order chi connectivity index (χ0) is 16.5. The zero-order valence-electron chi connectivity index (χ0n) is 12.3. The van der Waals surface area contributed by atoms with Gasteiger partial charge in [-0.3, -0.25) is 14.4 Å². The number of thiazole rings is 1. The molecule has 8 heteroatoms. The fourth-order valence-corrected chi connectivity index (χ4v) is 3.03. The topological polar surface area (TPSA) is 117 Å². The van der Waals surface area contributed by atoms with Crippen molar-refractivity contribution in [2.24, 2.45) is 5.92 Å². The molecule has 22 heavy (non-hydrogen) atoms. The second kappa shape index (κ2) is 9.14. The number of aryl methyl sites for hydroxylation is 1. The number of hydrogen-bond donors (Lipinski definition) is 3. The van der Waals surface area contributed by atoms with Gasteiger partial charge in [0.25, 0.3) is 6.47 Å². The number of carboxylic acid groups (broad SMARTS) is 2. The molecular formula is C14H20N2O5S. The van der Waals surface area contributed by atoms with Crippen LogP contribution in [0.2, 0.25) is 0 Å². The molecule has 122 valence electrons. The van der Waals surface area contributed by atoms with E-state index in [9.17, 15) is 9.59 Å². The molecule has 0 radical (unpaired) electrons. The number of rotatable bonds is 4. The molecule has 1 amide bonds. The first-order chi connectivity index (χ1) is 10.5. The lowest BCUT2D eigenvalue weighted by Crippen LogP contribution is -2.39. The van der Waals surface area contributed by atoms with Crippen LogP contribution in [-0.4, -0.2) is 39.6 Å². The third-order valence-corrected chi connectivity index (χ3v) is 4.27. The van der Waals surface area contributed by atoms with Crippen LogP contribution < -0.4 is 5.32 Å². The smallest absolute Gasteiger partial charge is 0.306 e. The lowest BCUT2D eigenvalue weighted by molar-refractivity contribution is -0.142. The van der Waals surface area contributed by atoms with Gasteiger partial charge in [0.2, 0.25) is 5.91 Å². The maximum Gasteiger partial charge on any atom is 0.306 e. The molecule has 0 aliphatic heterocycles. The van der Waals surface area contributed by atoms with Crippen LogP contribution in [0.25, 0.3) is 0 Å². The van der Waals surface area contributed by atoms with Crippen LogP contribution in [0.15, 0.2) is 5.38 Å².